The highest BCUT2D eigenvalue weighted by atomic mass is 35.5. The van der Waals surface area contributed by atoms with Gasteiger partial charge in [0.05, 0.1) is 29.0 Å². The summed E-state index contributed by atoms with van der Waals surface area (Å²) in [5.74, 6) is 0.736. The van der Waals surface area contributed by atoms with Crippen molar-refractivity contribution in [3.05, 3.63) is 28.9 Å². The number of ether oxygens (including phenoxy) is 1. The zero-order chi connectivity index (χ0) is 21.5. The Morgan fingerprint density at radius 1 is 1.30 bits per heavy atom. The van der Waals surface area contributed by atoms with Crippen molar-refractivity contribution >= 4 is 28.4 Å². The molecular formula is C24H28ClN3O2. The molecule has 2 saturated heterocycles. The van der Waals surface area contributed by atoms with Crippen LogP contribution in [0.15, 0.2) is 18.3 Å². The first-order valence-corrected chi connectivity index (χ1v) is 11.1. The fourth-order valence-corrected chi connectivity index (χ4v) is 7.21. The molecule has 158 valence electrons. The van der Waals surface area contributed by atoms with Gasteiger partial charge in [0.2, 0.25) is 5.91 Å². The third-order valence-corrected chi connectivity index (χ3v) is 8.28. The second-order valence-electron chi connectivity index (χ2n) is 10.5. The van der Waals surface area contributed by atoms with Crippen LogP contribution in [0.3, 0.4) is 0 Å². The number of nitriles is 1. The number of H-pyrrole nitrogens is 1. The van der Waals surface area contributed by atoms with Crippen molar-refractivity contribution in [1.82, 2.24) is 9.88 Å². The smallest absolute Gasteiger partial charge is 0.233 e. The average Bonchev–Trinajstić information content (AvgIpc) is 3.12. The van der Waals surface area contributed by atoms with Crippen molar-refractivity contribution in [3.63, 3.8) is 0 Å². The lowest BCUT2D eigenvalue weighted by Gasteiger charge is -2.64. The Morgan fingerprint density at radius 2 is 1.97 bits per heavy atom. The largest absolute Gasteiger partial charge is 0.495 e. The molecule has 3 heterocycles. The number of halogens is 1. The number of fused-ring (bicyclic) bond motifs is 1. The lowest BCUT2D eigenvalue weighted by molar-refractivity contribution is -0.167. The fraction of sp³-hybridized carbons (Fsp3) is 0.583. The standard InChI is InChI=1S/C24H28ClN3O2/c1-22(2,16-11-27-17-5-6-18(30-4)20(25)19(16)17)21(29)28-14-7-23(3)8-15(28)10-24(9-14,12-23)13-26/h5-6,11,14-15,27H,7-10,12H2,1-4H3. The monoisotopic (exact) mass is 425 g/mol. The second-order valence-corrected chi connectivity index (χ2v) is 10.9. The molecule has 2 aliphatic heterocycles. The maximum absolute atomic E-state index is 14.0. The number of hydrogen-bond acceptors (Lipinski definition) is 3. The Morgan fingerprint density at radius 3 is 2.57 bits per heavy atom. The van der Waals surface area contributed by atoms with Crippen LogP contribution in [0, 0.1) is 22.2 Å². The lowest BCUT2D eigenvalue weighted by Crippen LogP contribution is -2.67. The molecule has 2 aromatic rings. The Bertz CT molecular complexity index is 1080. The molecule has 5 nitrogen and oxygen atoms in total. The molecule has 0 radical (unpaired) electrons. The van der Waals surface area contributed by atoms with Gasteiger partial charge in [-0.1, -0.05) is 18.5 Å². The number of carbonyl (C=O) groups is 1. The van der Waals surface area contributed by atoms with Crippen molar-refractivity contribution in [2.24, 2.45) is 10.8 Å². The number of amides is 1. The van der Waals surface area contributed by atoms with E-state index in [-0.39, 0.29) is 28.8 Å². The summed E-state index contributed by atoms with van der Waals surface area (Å²) >= 11 is 6.65. The van der Waals surface area contributed by atoms with Crippen LogP contribution in [0.5, 0.6) is 5.75 Å². The normalized spacial score (nSPS) is 32.5. The number of carbonyl (C=O) groups excluding carboxylic acids is 1. The topological polar surface area (TPSA) is 69.1 Å². The van der Waals surface area contributed by atoms with Gasteiger partial charge in [-0.3, -0.25) is 4.79 Å². The summed E-state index contributed by atoms with van der Waals surface area (Å²) in [5, 5.41) is 11.3. The second kappa shape index (κ2) is 6.17. The third-order valence-electron chi connectivity index (χ3n) is 7.91. The Hall–Kier alpha value is -2.19. The third kappa shape index (κ3) is 2.56. The highest BCUT2D eigenvalue weighted by Gasteiger charge is 2.61. The van der Waals surface area contributed by atoms with E-state index in [1.165, 1.54) is 0 Å². The number of hydrogen-bond donors (Lipinski definition) is 1. The first kappa shape index (κ1) is 19.8. The SMILES string of the molecule is COc1ccc2[nH]cc(C(C)(C)C(=O)N3C4CC5(C)CC3CC(C#N)(C4)C5)c2c1Cl. The predicted octanol–water partition coefficient (Wildman–Crippen LogP) is 5.18. The van der Waals surface area contributed by atoms with Crippen molar-refractivity contribution in [1.29, 1.82) is 5.26 Å². The Balaban J connectivity index is 1.55. The molecule has 1 amide bonds. The minimum absolute atomic E-state index is 0.132. The van der Waals surface area contributed by atoms with Crippen molar-refractivity contribution < 1.29 is 9.53 Å². The van der Waals surface area contributed by atoms with E-state index in [9.17, 15) is 10.1 Å². The molecular weight excluding hydrogens is 398 g/mol. The predicted molar refractivity (Wildman–Crippen MR) is 117 cm³/mol. The number of aromatic nitrogens is 1. The van der Waals surface area contributed by atoms with E-state index in [1.54, 1.807) is 7.11 Å². The highest BCUT2D eigenvalue weighted by molar-refractivity contribution is 6.37. The minimum Gasteiger partial charge on any atom is -0.495 e. The van der Waals surface area contributed by atoms with E-state index >= 15 is 0 Å². The molecule has 0 spiro atoms. The van der Waals surface area contributed by atoms with Crippen LogP contribution in [0.1, 0.15) is 58.4 Å². The zero-order valence-electron chi connectivity index (χ0n) is 18.0. The van der Waals surface area contributed by atoms with E-state index < -0.39 is 5.41 Å². The van der Waals surface area contributed by atoms with Gasteiger partial charge in [-0.15, -0.1) is 0 Å². The molecule has 4 bridgehead atoms. The molecule has 1 aromatic heterocycles. The van der Waals surface area contributed by atoms with Crippen LogP contribution in [-0.2, 0) is 10.2 Å². The molecule has 4 fully saturated rings. The van der Waals surface area contributed by atoms with Crippen LogP contribution >= 0.6 is 11.6 Å². The van der Waals surface area contributed by atoms with Gasteiger partial charge in [-0.2, -0.15) is 5.26 Å². The van der Waals surface area contributed by atoms with E-state index in [0.29, 0.717) is 10.8 Å². The lowest BCUT2D eigenvalue weighted by atomic mass is 9.50. The van der Waals surface area contributed by atoms with Crippen LogP contribution in [0.25, 0.3) is 10.9 Å². The van der Waals surface area contributed by atoms with Gasteiger partial charge in [0, 0.05) is 29.2 Å². The summed E-state index contributed by atoms with van der Waals surface area (Å²) in [6, 6.07) is 6.70. The number of nitrogens with zero attached hydrogens (tertiary/aromatic N) is 2. The summed E-state index contributed by atoms with van der Waals surface area (Å²) < 4.78 is 5.41. The van der Waals surface area contributed by atoms with Crippen LogP contribution in [0.4, 0.5) is 0 Å². The van der Waals surface area contributed by atoms with Gasteiger partial charge in [0.25, 0.3) is 0 Å². The van der Waals surface area contributed by atoms with Crippen LogP contribution < -0.4 is 4.74 Å². The number of methoxy groups -OCH3 is 1. The Kier molecular flexibility index (Phi) is 4.06. The van der Waals surface area contributed by atoms with E-state index in [0.717, 1.165) is 48.6 Å². The van der Waals surface area contributed by atoms with Crippen LogP contribution in [-0.4, -0.2) is 35.0 Å². The summed E-state index contributed by atoms with van der Waals surface area (Å²) in [6.07, 6.45) is 6.49. The summed E-state index contributed by atoms with van der Waals surface area (Å²) in [4.78, 5) is 19.4. The molecule has 2 unspecified atom stereocenters. The van der Waals surface area contributed by atoms with Crippen molar-refractivity contribution in [3.8, 4) is 11.8 Å². The zero-order valence-corrected chi connectivity index (χ0v) is 18.8. The summed E-state index contributed by atoms with van der Waals surface area (Å²) in [5.41, 5.74) is 0.970. The Labute approximate surface area is 182 Å². The van der Waals surface area contributed by atoms with E-state index in [1.807, 2.05) is 32.2 Å². The van der Waals surface area contributed by atoms with Gasteiger partial charge in [0.1, 0.15) is 5.75 Å². The van der Waals surface area contributed by atoms with Gasteiger partial charge in [-0.05, 0) is 69.1 Å². The summed E-state index contributed by atoms with van der Waals surface area (Å²) in [6.45, 7) is 6.28. The number of nitrogens with one attached hydrogen (secondary N) is 1. The van der Waals surface area contributed by atoms with Crippen LogP contribution in [0.2, 0.25) is 5.02 Å². The van der Waals surface area contributed by atoms with E-state index in [2.05, 4.69) is 22.9 Å². The summed E-state index contributed by atoms with van der Waals surface area (Å²) in [7, 11) is 1.60. The van der Waals surface area contributed by atoms with Gasteiger partial charge in [-0.25, -0.2) is 0 Å². The molecule has 1 aromatic carbocycles. The number of aromatic amines is 1. The number of piperidine rings is 2. The maximum Gasteiger partial charge on any atom is 0.233 e. The minimum atomic E-state index is -0.746. The first-order valence-electron chi connectivity index (χ1n) is 10.7. The molecule has 2 atom stereocenters. The molecule has 6 heteroatoms. The molecule has 4 aliphatic rings. The number of rotatable bonds is 3. The van der Waals surface area contributed by atoms with Gasteiger partial charge >= 0.3 is 0 Å². The quantitative estimate of drug-likeness (QED) is 0.736. The fourth-order valence-electron chi connectivity index (χ4n) is 6.86. The molecule has 6 rings (SSSR count). The van der Waals surface area contributed by atoms with Gasteiger partial charge in [0.15, 0.2) is 0 Å². The number of benzene rings is 1. The first-order chi connectivity index (χ1) is 14.1. The molecule has 1 N–H and O–H groups in total. The molecule has 2 saturated carbocycles. The van der Waals surface area contributed by atoms with Crippen molar-refractivity contribution in [2.45, 2.75) is 70.4 Å². The molecule has 30 heavy (non-hydrogen) atoms. The molecule has 2 aliphatic carbocycles. The average molecular weight is 426 g/mol. The highest BCUT2D eigenvalue weighted by Crippen LogP contribution is 2.61. The maximum atomic E-state index is 14.0. The van der Waals surface area contributed by atoms with Gasteiger partial charge < -0.3 is 14.6 Å². The van der Waals surface area contributed by atoms with E-state index in [4.69, 9.17) is 16.3 Å². The van der Waals surface area contributed by atoms with Crippen molar-refractivity contribution in [2.75, 3.05) is 7.11 Å².